The number of thiazole rings is 1. The number of dihydropyridines is 1. The molecule has 0 amide bonds. The number of imidazole rings is 1. The highest BCUT2D eigenvalue weighted by atomic mass is 32.1. The first-order valence-electron chi connectivity index (χ1n) is 9.86. The fraction of sp³-hybridized carbons (Fsp3) is 0.261. The highest BCUT2D eigenvalue weighted by Crippen LogP contribution is 2.44. The zero-order valence-electron chi connectivity index (χ0n) is 18.4. The molecule has 3 aromatic rings. The molecule has 0 unspecified atom stereocenters. The lowest BCUT2D eigenvalue weighted by atomic mass is 9.81. The average Bonchev–Trinajstić information content (AvgIpc) is 3.39. The fourth-order valence-corrected chi connectivity index (χ4v) is 4.81. The van der Waals surface area contributed by atoms with Crippen LogP contribution in [0.15, 0.2) is 58.4 Å². The monoisotopic (exact) mass is 453 g/mol. The Hall–Kier alpha value is -3.59. The third-order valence-electron chi connectivity index (χ3n) is 5.49. The van der Waals surface area contributed by atoms with Gasteiger partial charge in [-0.05, 0) is 26.0 Å². The summed E-state index contributed by atoms with van der Waals surface area (Å²) in [4.78, 5) is 31.4. The highest BCUT2D eigenvalue weighted by Gasteiger charge is 2.41. The van der Waals surface area contributed by atoms with Crippen LogP contribution in [0.4, 0.5) is 0 Å². The van der Waals surface area contributed by atoms with Gasteiger partial charge in [0.1, 0.15) is 5.75 Å². The first kappa shape index (κ1) is 21.6. The summed E-state index contributed by atoms with van der Waals surface area (Å²) < 4.78 is 17.5. The molecular weight excluding hydrogens is 430 g/mol. The molecule has 0 bridgehead atoms. The molecule has 0 fully saturated rings. The van der Waals surface area contributed by atoms with Gasteiger partial charge in [0, 0.05) is 28.5 Å². The molecule has 9 heteroatoms. The maximum atomic E-state index is 12.9. The summed E-state index contributed by atoms with van der Waals surface area (Å²) in [6.45, 7) is 3.57. The molecule has 4 rings (SSSR count). The van der Waals surface area contributed by atoms with Crippen LogP contribution < -0.4 is 10.1 Å². The number of nitrogens with zero attached hydrogens (tertiary/aromatic N) is 2. The Kier molecular flexibility index (Phi) is 5.75. The summed E-state index contributed by atoms with van der Waals surface area (Å²) in [5, 5.41) is 5.04. The van der Waals surface area contributed by atoms with Gasteiger partial charge in [0.25, 0.3) is 0 Å². The lowest BCUT2D eigenvalue weighted by molar-refractivity contribution is -0.137. The van der Waals surface area contributed by atoms with Gasteiger partial charge in [-0.25, -0.2) is 14.6 Å². The molecule has 8 nitrogen and oxygen atoms in total. The van der Waals surface area contributed by atoms with E-state index in [0.29, 0.717) is 39.7 Å². The quantitative estimate of drug-likeness (QED) is 0.590. The number of carbonyl (C=O) groups excluding carboxylic acids is 2. The molecule has 1 N–H and O–H groups in total. The number of benzene rings is 1. The second-order valence-corrected chi connectivity index (χ2v) is 8.12. The molecule has 0 atom stereocenters. The van der Waals surface area contributed by atoms with E-state index < -0.39 is 17.9 Å². The molecule has 166 valence electrons. The summed E-state index contributed by atoms with van der Waals surface area (Å²) in [5.41, 5.74) is 3.99. The van der Waals surface area contributed by atoms with Crippen molar-refractivity contribution in [1.82, 2.24) is 14.7 Å². The predicted octanol–water partition coefficient (Wildman–Crippen LogP) is 3.65. The Labute approximate surface area is 189 Å². The molecule has 2 aromatic heterocycles. The Balaban J connectivity index is 2.07. The molecule has 0 aliphatic carbocycles. The van der Waals surface area contributed by atoms with Crippen LogP contribution in [0.2, 0.25) is 0 Å². The first-order valence-corrected chi connectivity index (χ1v) is 10.7. The number of aromatic nitrogens is 2. The van der Waals surface area contributed by atoms with Gasteiger partial charge in [-0.3, -0.25) is 4.40 Å². The van der Waals surface area contributed by atoms with Gasteiger partial charge in [-0.1, -0.05) is 12.1 Å². The number of hydrogen-bond acceptors (Lipinski definition) is 8. The third-order valence-corrected chi connectivity index (χ3v) is 6.24. The van der Waals surface area contributed by atoms with Gasteiger partial charge < -0.3 is 19.5 Å². The second kappa shape index (κ2) is 8.51. The van der Waals surface area contributed by atoms with E-state index in [4.69, 9.17) is 19.2 Å². The van der Waals surface area contributed by atoms with Crippen LogP contribution in [0.1, 0.15) is 25.5 Å². The first-order chi connectivity index (χ1) is 15.4. The smallest absolute Gasteiger partial charge is 0.336 e. The van der Waals surface area contributed by atoms with E-state index in [-0.39, 0.29) is 0 Å². The fourth-order valence-electron chi connectivity index (χ4n) is 4.09. The molecule has 0 spiro atoms. The Bertz CT molecular complexity index is 1250. The summed E-state index contributed by atoms with van der Waals surface area (Å²) in [6.07, 6.45) is 1.88. The molecule has 0 radical (unpaired) electrons. The van der Waals surface area contributed by atoms with Crippen LogP contribution >= 0.6 is 11.3 Å². The van der Waals surface area contributed by atoms with Gasteiger partial charge in [0.05, 0.1) is 49.8 Å². The van der Waals surface area contributed by atoms with Crippen LogP contribution in [0.25, 0.3) is 16.2 Å². The van der Waals surface area contributed by atoms with Crippen LogP contribution in [-0.4, -0.2) is 42.7 Å². The number of ether oxygens (including phenoxy) is 3. The number of allylic oxidation sites excluding steroid dienone is 2. The highest BCUT2D eigenvalue weighted by molar-refractivity contribution is 7.15. The van der Waals surface area contributed by atoms with Crippen LogP contribution in [0, 0.1) is 0 Å². The van der Waals surface area contributed by atoms with Crippen molar-refractivity contribution in [2.75, 3.05) is 21.3 Å². The Morgan fingerprint density at radius 1 is 1.06 bits per heavy atom. The molecule has 3 heterocycles. The molecule has 0 saturated heterocycles. The largest absolute Gasteiger partial charge is 0.497 e. The summed E-state index contributed by atoms with van der Waals surface area (Å²) in [7, 11) is 4.24. The normalized spacial score (nSPS) is 14.5. The molecule has 0 saturated carbocycles. The SMILES string of the molecule is COC(=O)C1=C(C)NC(C)=C(C(=O)OC)C1c1c(-c2cccc(OC)c2)nc2sccn12. The second-order valence-electron chi connectivity index (χ2n) is 7.25. The van der Waals surface area contributed by atoms with Crippen molar-refractivity contribution in [3.05, 3.63) is 64.1 Å². The Morgan fingerprint density at radius 3 is 2.31 bits per heavy atom. The van der Waals surface area contributed by atoms with E-state index in [1.165, 1.54) is 25.6 Å². The van der Waals surface area contributed by atoms with Crippen molar-refractivity contribution in [2.24, 2.45) is 0 Å². The van der Waals surface area contributed by atoms with Crippen LogP contribution in [-0.2, 0) is 19.1 Å². The zero-order valence-corrected chi connectivity index (χ0v) is 19.2. The van der Waals surface area contributed by atoms with Crippen molar-refractivity contribution in [3.8, 4) is 17.0 Å². The van der Waals surface area contributed by atoms with Crippen LogP contribution in [0.5, 0.6) is 5.75 Å². The lowest BCUT2D eigenvalue weighted by Gasteiger charge is -2.30. The molecule has 1 aliphatic heterocycles. The number of fused-ring (bicyclic) bond motifs is 1. The number of nitrogens with one attached hydrogen (secondary N) is 1. The van der Waals surface area contributed by atoms with E-state index in [2.05, 4.69) is 5.32 Å². The number of methoxy groups -OCH3 is 3. The topological polar surface area (TPSA) is 91.2 Å². The maximum absolute atomic E-state index is 12.9. The minimum atomic E-state index is -0.748. The molecule has 1 aromatic carbocycles. The lowest BCUT2D eigenvalue weighted by Crippen LogP contribution is -2.32. The zero-order chi connectivity index (χ0) is 23.0. The minimum absolute atomic E-state index is 0.329. The Morgan fingerprint density at radius 2 is 1.72 bits per heavy atom. The van der Waals surface area contributed by atoms with Gasteiger partial charge in [-0.2, -0.15) is 0 Å². The van der Waals surface area contributed by atoms with Gasteiger partial charge >= 0.3 is 11.9 Å². The minimum Gasteiger partial charge on any atom is -0.497 e. The van der Waals surface area contributed by atoms with E-state index in [0.717, 1.165) is 10.5 Å². The molecule has 32 heavy (non-hydrogen) atoms. The number of carbonyl (C=O) groups is 2. The van der Waals surface area contributed by atoms with Crippen molar-refractivity contribution < 1.29 is 23.8 Å². The standard InChI is InChI=1S/C23H23N3O5S/c1-12-16(21(27)30-4)18(17(13(2)24-12)22(28)31-5)20-19(25-23-26(20)9-10-32-23)14-7-6-8-15(11-14)29-3/h6-11,18,24H,1-5H3. The van der Waals surface area contributed by atoms with Crippen molar-refractivity contribution in [1.29, 1.82) is 0 Å². The summed E-state index contributed by atoms with van der Waals surface area (Å²) in [6, 6.07) is 7.51. The summed E-state index contributed by atoms with van der Waals surface area (Å²) >= 11 is 1.46. The van der Waals surface area contributed by atoms with E-state index >= 15 is 0 Å². The van der Waals surface area contributed by atoms with Crippen molar-refractivity contribution in [2.45, 2.75) is 19.8 Å². The summed E-state index contributed by atoms with van der Waals surface area (Å²) in [5.74, 6) is -1.14. The van der Waals surface area contributed by atoms with Crippen molar-refractivity contribution in [3.63, 3.8) is 0 Å². The van der Waals surface area contributed by atoms with Gasteiger partial charge in [-0.15, -0.1) is 11.3 Å². The van der Waals surface area contributed by atoms with E-state index in [1.807, 2.05) is 40.2 Å². The molecular formula is C23H23N3O5S. The number of esters is 2. The van der Waals surface area contributed by atoms with Gasteiger partial charge in [0.15, 0.2) is 4.96 Å². The number of rotatable bonds is 5. The van der Waals surface area contributed by atoms with E-state index in [9.17, 15) is 9.59 Å². The predicted molar refractivity (Wildman–Crippen MR) is 120 cm³/mol. The third kappa shape index (κ3) is 3.44. The van der Waals surface area contributed by atoms with Gasteiger partial charge in [0.2, 0.25) is 0 Å². The van der Waals surface area contributed by atoms with Crippen molar-refractivity contribution >= 4 is 28.2 Å². The average molecular weight is 454 g/mol. The van der Waals surface area contributed by atoms with Crippen LogP contribution in [0.3, 0.4) is 0 Å². The maximum Gasteiger partial charge on any atom is 0.336 e. The molecule has 1 aliphatic rings. The van der Waals surface area contributed by atoms with E-state index in [1.54, 1.807) is 21.0 Å². The number of hydrogen-bond donors (Lipinski definition) is 1.